The number of imidazole rings is 1. The van der Waals surface area contributed by atoms with Crippen LogP contribution in [0.5, 0.6) is 0 Å². The molecule has 0 bridgehead atoms. The smallest absolute Gasteiger partial charge is 0.0932 e. The molecule has 4 rings (SSSR count). The molecule has 0 aliphatic carbocycles. The summed E-state index contributed by atoms with van der Waals surface area (Å²) < 4.78 is 0. The lowest BCUT2D eigenvalue weighted by molar-refractivity contribution is 1.26. The molecule has 4 heteroatoms. The molecule has 1 aromatic heterocycles. The Morgan fingerprint density at radius 3 is 2.45 bits per heavy atom. The molecule has 2 heterocycles. The molecule has 0 saturated heterocycles. The summed E-state index contributed by atoms with van der Waals surface area (Å²) in [4.78, 5) is 10.5. The second-order valence-electron chi connectivity index (χ2n) is 5.29. The minimum Gasteiger partial charge on any atom is -0.344 e. The Hall–Kier alpha value is -1.39. The zero-order chi connectivity index (χ0) is 13.9. The first-order valence-corrected chi connectivity index (χ1v) is 8.73. The number of aromatic nitrogens is 2. The number of nitrogens with zero attached hydrogens (tertiary/aromatic N) is 1. The largest absolute Gasteiger partial charge is 0.344 e. The number of fused-ring (bicyclic) bond motifs is 5. The molecule has 1 aliphatic heterocycles. The van der Waals surface area contributed by atoms with Gasteiger partial charge in [-0.15, -0.1) is 0 Å². The van der Waals surface area contributed by atoms with E-state index in [-0.39, 0.29) is 0 Å². The summed E-state index contributed by atoms with van der Waals surface area (Å²) in [6.45, 7) is 6.49. The van der Waals surface area contributed by atoms with Crippen molar-refractivity contribution in [2.24, 2.45) is 0 Å². The highest BCUT2D eigenvalue weighted by molar-refractivity contribution is 8.76. The van der Waals surface area contributed by atoms with Gasteiger partial charge in [0.05, 0.1) is 17.4 Å². The van der Waals surface area contributed by atoms with Crippen LogP contribution in [0.15, 0.2) is 34.3 Å². The van der Waals surface area contributed by atoms with Crippen molar-refractivity contribution >= 4 is 32.6 Å². The summed E-state index contributed by atoms with van der Waals surface area (Å²) in [6, 6.07) is 6.87. The van der Waals surface area contributed by atoms with E-state index in [2.05, 4.69) is 48.9 Å². The number of hydrogen-bond donors (Lipinski definition) is 1. The number of aryl methyl sites for hydroxylation is 3. The predicted octanol–water partition coefficient (Wildman–Crippen LogP) is 5.27. The Bertz CT molecular complexity index is 849. The van der Waals surface area contributed by atoms with Crippen LogP contribution in [0.2, 0.25) is 0 Å². The maximum Gasteiger partial charge on any atom is 0.0932 e. The fourth-order valence-electron chi connectivity index (χ4n) is 2.72. The lowest BCUT2D eigenvalue weighted by Gasteiger charge is -2.21. The second kappa shape index (κ2) is 4.30. The molecule has 2 nitrogen and oxygen atoms in total. The van der Waals surface area contributed by atoms with Crippen LogP contribution < -0.4 is 0 Å². The molecule has 0 amide bonds. The van der Waals surface area contributed by atoms with Crippen LogP contribution in [0.4, 0.5) is 0 Å². The minimum atomic E-state index is 1.08. The molecule has 0 radical (unpaired) electrons. The molecule has 20 heavy (non-hydrogen) atoms. The van der Waals surface area contributed by atoms with Crippen molar-refractivity contribution in [3.8, 4) is 11.1 Å². The predicted molar refractivity (Wildman–Crippen MR) is 87.5 cm³/mol. The van der Waals surface area contributed by atoms with E-state index in [1.165, 1.54) is 37.6 Å². The summed E-state index contributed by atoms with van der Waals surface area (Å²) in [5.41, 5.74) is 8.83. The molecule has 2 aromatic carbocycles. The van der Waals surface area contributed by atoms with E-state index in [9.17, 15) is 0 Å². The molecular weight excluding hydrogens is 284 g/mol. The number of nitrogens with one attached hydrogen (secondary N) is 1. The molecule has 100 valence electrons. The first-order chi connectivity index (χ1) is 9.65. The van der Waals surface area contributed by atoms with E-state index in [1.807, 2.05) is 21.6 Å². The van der Waals surface area contributed by atoms with Gasteiger partial charge in [-0.1, -0.05) is 21.6 Å². The maximum absolute atomic E-state index is 4.47. The van der Waals surface area contributed by atoms with Crippen molar-refractivity contribution in [2.45, 2.75) is 30.6 Å². The van der Waals surface area contributed by atoms with Crippen LogP contribution in [0.25, 0.3) is 22.2 Å². The second-order valence-corrected chi connectivity index (χ2v) is 7.51. The number of H-pyrrole nitrogens is 1. The van der Waals surface area contributed by atoms with Gasteiger partial charge in [0.15, 0.2) is 0 Å². The highest BCUT2D eigenvalue weighted by atomic mass is 33.1. The van der Waals surface area contributed by atoms with Gasteiger partial charge in [-0.3, -0.25) is 0 Å². The van der Waals surface area contributed by atoms with Gasteiger partial charge in [0.2, 0.25) is 0 Å². The normalized spacial score (nSPS) is 13.3. The van der Waals surface area contributed by atoms with Gasteiger partial charge in [0.25, 0.3) is 0 Å². The SMILES string of the molecule is Cc1cc2c(cc1C)-c1c(cc(C)c3nc[nH]c13)SS2. The van der Waals surface area contributed by atoms with Crippen molar-refractivity contribution in [1.82, 2.24) is 9.97 Å². The monoisotopic (exact) mass is 298 g/mol. The van der Waals surface area contributed by atoms with E-state index in [0.717, 1.165) is 11.0 Å². The Morgan fingerprint density at radius 1 is 0.900 bits per heavy atom. The highest BCUT2D eigenvalue weighted by Crippen LogP contribution is 2.53. The van der Waals surface area contributed by atoms with E-state index >= 15 is 0 Å². The lowest BCUT2D eigenvalue weighted by Crippen LogP contribution is -1.95. The minimum absolute atomic E-state index is 1.08. The van der Waals surface area contributed by atoms with E-state index in [4.69, 9.17) is 0 Å². The standard InChI is InChI=1S/C16H14N2S2/c1-8-4-11-12(5-9(8)2)19-20-13-6-10(3)15-16(14(11)13)18-7-17-15/h4-7H,1-3H3,(H,17,18). The third kappa shape index (κ3) is 1.64. The average molecular weight is 298 g/mol. The van der Waals surface area contributed by atoms with Gasteiger partial charge in [-0.25, -0.2) is 4.98 Å². The fourth-order valence-corrected chi connectivity index (χ4v) is 5.24. The molecule has 0 saturated carbocycles. The third-order valence-corrected chi connectivity index (χ3v) is 6.37. The van der Waals surface area contributed by atoms with Crippen molar-refractivity contribution in [3.63, 3.8) is 0 Å². The number of benzene rings is 2. The summed E-state index contributed by atoms with van der Waals surface area (Å²) in [5.74, 6) is 0. The van der Waals surface area contributed by atoms with Crippen molar-refractivity contribution in [3.05, 3.63) is 41.2 Å². The van der Waals surface area contributed by atoms with Crippen molar-refractivity contribution in [1.29, 1.82) is 0 Å². The molecule has 0 unspecified atom stereocenters. The Kier molecular flexibility index (Phi) is 2.66. The van der Waals surface area contributed by atoms with Crippen LogP contribution in [0.1, 0.15) is 16.7 Å². The first kappa shape index (κ1) is 12.4. The van der Waals surface area contributed by atoms with Crippen molar-refractivity contribution in [2.75, 3.05) is 0 Å². The molecule has 0 fully saturated rings. The summed E-state index contributed by atoms with van der Waals surface area (Å²) in [5, 5.41) is 0. The third-order valence-electron chi connectivity index (χ3n) is 3.94. The zero-order valence-electron chi connectivity index (χ0n) is 11.6. The topological polar surface area (TPSA) is 28.7 Å². The zero-order valence-corrected chi connectivity index (χ0v) is 13.2. The van der Waals surface area contributed by atoms with Crippen LogP contribution in [0, 0.1) is 20.8 Å². The fraction of sp³-hybridized carbons (Fsp3) is 0.188. The number of rotatable bonds is 0. The molecular formula is C16H14N2S2. The summed E-state index contributed by atoms with van der Waals surface area (Å²) in [6.07, 6.45) is 1.80. The molecule has 0 atom stereocenters. The average Bonchev–Trinajstić information content (AvgIpc) is 2.90. The Labute approximate surface area is 125 Å². The van der Waals surface area contributed by atoms with Crippen LogP contribution >= 0.6 is 21.6 Å². The Balaban J connectivity index is 2.13. The van der Waals surface area contributed by atoms with Crippen LogP contribution in [-0.4, -0.2) is 9.97 Å². The van der Waals surface area contributed by atoms with Gasteiger partial charge < -0.3 is 4.98 Å². The van der Waals surface area contributed by atoms with Gasteiger partial charge in [0.1, 0.15) is 0 Å². The van der Waals surface area contributed by atoms with E-state index < -0.39 is 0 Å². The highest BCUT2D eigenvalue weighted by Gasteiger charge is 2.22. The molecule has 3 aromatic rings. The van der Waals surface area contributed by atoms with Gasteiger partial charge in [-0.05, 0) is 61.2 Å². The van der Waals surface area contributed by atoms with Crippen LogP contribution in [0.3, 0.4) is 0 Å². The lowest BCUT2D eigenvalue weighted by atomic mass is 9.98. The van der Waals surface area contributed by atoms with Gasteiger partial charge in [0, 0.05) is 15.4 Å². The molecule has 1 N–H and O–H groups in total. The van der Waals surface area contributed by atoms with E-state index in [1.54, 1.807) is 6.33 Å². The number of aromatic amines is 1. The maximum atomic E-state index is 4.47. The quantitative estimate of drug-likeness (QED) is 0.573. The van der Waals surface area contributed by atoms with Gasteiger partial charge in [-0.2, -0.15) is 0 Å². The van der Waals surface area contributed by atoms with E-state index in [0.29, 0.717) is 0 Å². The molecule has 1 aliphatic rings. The van der Waals surface area contributed by atoms with Crippen LogP contribution in [-0.2, 0) is 0 Å². The number of hydrogen-bond acceptors (Lipinski definition) is 3. The Morgan fingerprint density at radius 2 is 1.60 bits per heavy atom. The molecule has 0 spiro atoms. The summed E-state index contributed by atoms with van der Waals surface area (Å²) >= 11 is 0. The first-order valence-electron chi connectivity index (χ1n) is 6.58. The van der Waals surface area contributed by atoms with Crippen molar-refractivity contribution < 1.29 is 0 Å². The summed E-state index contributed by atoms with van der Waals surface area (Å²) in [7, 11) is 3.70. The van der Waals surface area contributed by atoms with Gasteiger partial charge >= 0.3 is 0 Å².